The van der Waals surface area contributed by atoms with Gasteiger partial charge in [-0.05, 0) is 38.0 Å². The van der Waals surface area contributed by atoms with E-state index < -0.39 is 26.5 Å². The third-order valence-corrected chi connectivity index (χ3v) is 6.84. The van der Waals surface area contributed by atoms with Gasteiger partial charge in [0.1, 0.15) is 11.3 Å². The SMILES string of the molecule is CCOc1cc(C(=O)Nc2cc(S(=O)(=O)N3CCCC3)ccc2O)c([N+](=O)[O-])cc1OC. The van der Waals surface area contributed by atoms with Crippen LogP contribution >= 0.6 is 0 Å². The van der Waals surface area contributed by atoms with Gasteiger partial charge in [0.2, 0.25) is 10.0 Å². The lowest BCUT2D eigenvalue weighted by Gasteiger charge is -2.17. The first-order chi connectivity index (χ1) is 15.2. The molecule has 2 aromatic carbocycles. The van der Waals surface area contributed by atoms with Crippen LogP contribution in [0.4, 0.5) is 11.4 Å². The molecule has 1 heterocycles. The van der Waals surface area contributed by atoms with Crippen LogP contribution in [0.5, 0.6) is 17.2 Å². The highest BCUT2D eigenvalue weighted by Gasteiger charge is 2.29. The molecule has 11 nitrogen and oxygen atoms in total. The number of amides is 1. The number of nitrogens with zero attached hydrogens (tertiary/aromatic N) is 2. The van der Waals surface area contributed by atoms with E-state index in [-0.39, 0.29) is 40.0 Å². The van der Waals surface area contributed by atoms with E-state index in [2.05, 4.69) is 5.32 Å². The van der Waals surface area contributed by atoms with E-state index in [9.17, 15) is 28.4 Å². The minimum atomic E-state index is -3.80. The molecule has 1 aliphatic rings. The van der Waals surface area contributed by atoms with Gasteiger partial charge in [-0.25, -0.2) is 8.42 Å². The van der Waals surface area contributed by atoms with Crippen molar-refractivity contribution in [3.05, 3.63) is 46.0 Å². The summed E-state index contributed by atoms with van der Waals surface area (Å²) in [5.41, 5.74) is -1.08. The fraction of sp³-hybridized carbons (Fsp3) is 0.350. The van der Waals surface area contributed by atoms with Gasteiger partial charge >= 0.3 is 0 Å². The number of rotatable bonds is 8. The molecule has 1 aliphatic heterocycles. The van der Waals surface area contributed by atoms with Gasteiger partial charge in [0.15, 0.2) is 11.5 Å². The Balaban J connectivity index is 1.98. The lowest BCUT2D eigenvalue weighted by molar-refractivity contribution is -0.385. The number of hydrogen-bond acceptors (Lipinski definition) is 8. The highest BCUT2D eigenvalue weighted by atomic mass is 32.2. The molecular formula is C20H23N3O8S. The lowest BCUT2D eigenvalue weighted by Crippen LogP contribution is -2.28. The highest BCUT2D eigenvalue weighted by Crippen LogP contribution is 2.36. The van der Waals surface area contributed by atoms with Crippen LogP contribution in [0.25, 0.3) is 0 Å². The van der Waals surface area contributed by atoms with E-state index in [4.69, 9.17) is 9.47 Å². The number of ether oxygens (including phenoxy) is 2. The van der Waals surface area contributed by atoms with E-state index in [1.54, 1.807) is 6.92 Å². The number of phenols is 1. The van der Waals surface area contributed by atoms with Crippen LogP contribution < -0.4 is 14.8 Å². The van der Waals surface area contributed by atoms with E-state index >= 15 is 0 Å². The lowest BCUT2D eigenvalue weighted by atomic mass is 10.1. The number of carbonyl (C=O) groups excluding carboxylic acids is 1. The van der Waals surface area contributed by atoms with Gasteiger partial charge in [0, 0.05) is 19.2 Å². The van der Waals surface area contributed by atoms with Crippen molar-refractivity contribution < 1.29 is 32.7 Å². The van der Waals surface area contributed by atoms with Crippen molar-refractivity contribution in [1.29, 1.82) is 0 Å². The number of methoxy groups -OCH3 is 1. The summed E-state index contributed by atoms with van der Waals surface area (Å²) in [7, 11) is -2.49. The number of phenolic OH excluding ortho intramolecular Hbond substituents is 1. The van der Waals surface area contributed by atoms with Crippen molar-refractivity contribution in [1.82, 2.24) is 4.31 Å². The number of hydrogen-bond donors (Lipinski definition) is 2. The fourth-order valence-corrected chi connectivity index (χ4v) is 4.90. The molecule has 3 rings (SSSR count). The number of nitrogens with one attached hydrogen (secondary N) is 1. The summed E-state index contributed by atoms with van der Waals surface area (Å²) in [5.74, 6) is -1.11. The van der Waals surface area contributed by atoms with Gasteiger partial charge in [-0.2, -0.15) is 4.31 Å². The van der Waals surface area contributed by atoms with E-state index in [1.165, 1.54) is 17.5 Å². The quantitative estimate of drug-likeness (QED) is 0.343. The number of aromatic hydroxyl groups is 1. The normalized spacial score (nSPS) is 14.2. The zero-order chi connectivity index (χ0) is 23.5. The molecule has 32 heavy (non-hydrogen) atoms. The van der Waals surface area contributed by atoms with E-state index in [1.807, 2.05) is 0 Å². The van der Waals surface area contributed by atoms with Crippen LogP contribution in [0.3, 0.4) is 0 Å². The van der Waals surface area contributed by atoms with Crippen LogP contribution in [-0.4, -0.2) is 55.5 Å². The highest BCUT2D eigenvalue weighted by molar-refractivity contribution is 7.89. The van der Waals surface area contributed by atoms with Crippen LogP contribution in [0.2, 0.25) is 0 Å². The summed E-state index contributed by atoms with van der Waals surface area (Å²) < 4.78 is 37.4. The van der Waals surface area contributed by atoms with Gasteiger partial charge in [-0.15, -0.1) is 0 Å². The van der Waals surface area contributed by atoms with Crippen LogP contribution in [-0.2, 0) is 10.0 Å². The number of carbonyl (C=O) groups is 1. The van der Waals surface area contributed by atoms with Gasteiger partial charge in [0.25, 0.3) is 11.6 Å². The maximum absolute atomic E-state index is 12.9. The third kappa shape index (κ3) is 4.60. The van der Waals surface area contributed by atoms with Gasteiger partial charge in [-0.3, -0.25) is 14.9 Å². The Bertz CT molecular complexity index is 1140. The Labute approximate surface area is 184 Å². The molecule has 0 bridgehead atoms. The molecule has 1 amide bonds. The van der Waals surface area contributed by atoms with Crippen LogP contribution in [0, 0.1) is 10.1 Å². The summed E-state index contributed by atoms with van der Waals surface area (Å²) in [4.78, 5) is 23.5. The largest absolute Gasteiger partial charge is 0.506 e. The molecule has 0 spiro atoms. The minimum absolute atomic E-state index is 0.0802. The molecule has 0 aromatic heterocycles. The molecule has 0 atom stereocenters. The summed E-state index contributed by atoms with van der Waals surface area (Å²) in [6.07, 6.45) is 1.51. The molecule has 0 unspecified atom stereocenters. The Morgan fingerprint density at radius 1 is 1.22 bits per heavy atom. The molecule has 0 saturated carbocycles. The predicted molar refractivity (Wildman–Crippen MR) is 115 cm³/mol. The molecule has 1 fully saturated rings. The zero-order valence-corrected chi connectivity index (χ0v) is 18.3. The first kappa shape index (κ1) is 23.3. The third-order valence-electron chi connectivity index (χ3n) is 4.94. The summed E-state index contributed by atoms with van der Waals surface area (Å²) >= 11 is 0. The summed E-state index contributed by atoms with van der Waals surface area (Å²) in [5, 5.41) is 24.0. The van der Waals surface area contributed by atoms with Crippen LogP contribution in [0.1, 0.15) is 30.1 Å². The van der Waals surface area contributed by atoms with Crippen molar-refractivity contribution in [2.75, 3.05) is 32.1 Å². The van der Waals surface area contributed by atoms with Crippen molar-refractivity contribution >= 4 is 27.3 Å². The molecule has 1 saturated heterocycles. The minimum Gasteiger partial charge on any atom is -0.506 e. The number of sulfonamides is 1. The second-order valence-electron chi connectivity index (χ2n) is 6.95. The smallest absolute Gasteiger partial charge is 0.286 e. The van der Waals surface area contributed by atoms with E-state index in [0.29, 0.717) is 13.1 Å². The first-order valence-corrected chi connectivity index (χ1v) is 11.3. The van der Waals surface area contributed by atoms with Gasteiger partial charge in [-0.1, -0.05) is 0 Å². The topological polar surface area (TPSA) is 148 Å². The Kier molecular flexibility index (Phi) is 6.84. The van der Waals surface area contributed by atoms with Crippen molar-refractivity contribution in [2.45, 2.75) is 24.7 Å². The number of nitro groups is 1. The van der Waals surface area contributed by atoms with E-state index in [0.717, 1.165) is 37.1 Å². The maximum atomic E-state index is 12.9. The Hall–Kier alpha value is -3.38. The number of anilines is 1. The summed E-state index contributed by atoms with van der Waals surface area (Å²) in [6.45, 7) is 2.71. The maximum Gasteiger partial charge on any atom is 0.286 e. The molecule has 172 valence electrons. The van der Waals surface area contributed by atoms with Crippen molar-refractivity contribution in [3.63, 3.8) is 0 Å². The Morgan fingerprint density at radius 2 is 1.91 bits per heavy atom. The molecule has 0 aliphatic carbocycles. The molecule has 0 radical (unpaired) electrons. The standard InChI is InChI=1S/C20H23N3O8S/c1-3-31-19-11-14(16(23(26)27)12-18(19)30-2)20(25)21-15-10-13(6-7-17(15)24)32(28,29)22-8-4-5-9-22/h6-7,10-12,24H,3-5,8-9H2,1-2H3,(H,21,25). The first-order valence-electron chi connectivity index (χ1n) is 9.82. The second-order valence-corrected chi connectivity index (χ2v) is 8.89. The van der Waals surface area contributed by atoms with Crippen LogP contribution in [0.15, 0.2) is 35.2 Å². The molecular weight excluding hydrogens is 442 g/mol. The number of nitro benzene ring substituents is 1. The molecule has 12 heteroatoms. The molecule has 2 N–H and O–H groups in total. The second kappa shape index (κ2) is 9.40. The molecule has 2 aromatic rings. The van der Waals surface area contributed by atoms with Gasteiger partial charge in [0.05, 0.1) is 35.3 Å². The average molecular weight is 465 g/mol. The summed E-state index contributed by atoms with van der Waals surface area (Å²) in [6, 6.07) is 5.74. The monoisotopic (exact) mass is 465 g/mol. The fourth-order valence-electron chi connectivity index (χ4n) is 3.35. The van der Waals surface area contributed by atoms with Gasteiger partial charge < -0.3 is 19.9 Å². The zero-order valence-electron chi connectivity index (χ0n) is 17.5. The van der Waals surface area contributed by atoms with Crippen molar-refractivity contribution in [2.24, 2.45) is 0 Å². The predicted octanol–water partition coefficient (Wildman–Crippen LogP) is 2.74. The Morgan fingerprint density at radius 3 is 2.50 bits per heavy atom. The average Bonchev–Trinajstić information content (AvgIpc) is 3.30. The van der Waals surface area contributed by atoms with Crippen molar-refractivity contribution in [3.8, 4) is 17.2 Å². The number of benzene rings is 2.